The van der Waals surface area contributed by atoms with Crippen LogP contribution < -0.4 is 29.3 Å². The molecule has 3 N–H and O–H groups in total. The number of aromatic amines is 1. The summed E-state index contributed by atoms with van der Waals surface area (Å²) in [6.07, 6.45) is 7.29. The fourth-order valence-corrected chi connectivity index (χ4v) is 11.5. The van der Waals surface area contributed by atoms with Crippen molar-refractivity contribution in [1.29, 1.82) is 0 Å². The number of pyridine rings is 1. The van der Waals surface area contributed by atoms with Crippen LogP contribution in [0.15, 0.2) is 83.4 Å². The number of nitro benzene ring substituents is 1. The number of ether oxygens (including phenoxy) is 3. The second-order valence-corrected chi connectivity index (χ2v) is 21.6. The third-order valence-corrected chi connectivity index (χ3v) is 15.8. The highest BCUT2D eigenvalue weighted by atomic mass is 35.5. The molecule has 6 heterocycles. The highest BCUT2D eigenvalue weighted by Crippen LogP contribution is 2.46. The molecule has 0 bridgehead atoms. The molecule has 19 heteroatoms. The van der Waals surface area contributed by atoms with E-state index in [1.165, 1.54) is 22.8 Å². The van der Waals surface area contributed by atoms with Crippen LogP contribution in [0.5, 0.6) is 11.6 Å². The first-order valence-corrected chi connectivity index (χ1v) is 25.4. The first kappa shape index (κ1) is 48.4. The molecule has 0 saturated carbocycles. The normalized spacial score (nSPS) is 20.8. The Morgan fingerprint density at radius 2 is 1.78 bits per heavy atom. The van der Waals surface area contributed by atoms with E-state index in [-0.39, 0.29) is 59.5 Å². The predicted molar refractivity (Wildman–Crippen MR) is 270 cm³/mol. The number of nitro groups is 1. The number of amides is 1. The van der Waals surface area contributed by atoms with Crippen molar-refractivity contribution in [1.82, 2.24) is 19.6 Å². The van der Waals surface area contributed by atoms with E-state index in [1.54, 1.807) is 12.3 Å². The van der Waals surface area contributed by atoms with Gasteiger partial charge in [0.15, 0.2) is 11.4 Å². The molecule has 0 spiro atoms. The molecule has 69 heavy (non-hydrogen) atoms. The number of hydrogen-bond donors (Lipinski definition) is 3. The number of allylic oxidation sites excluding steroid dienone is 1. The lowest BCUT2D eigenvalue weighted by Crippen LogP contribution is -2.46. The van der Waals surface area contributed by atoms with Crippen LogP contribution in [-0.4, -0.2) is 105 Å². The summed E-state index contributed by atoms with van der Waals surface area (Å²) in [5, 5.41) is 17.3. The van der Waals surface area contributed by atoms with Crippen LogP contribution in [0.4, 0.5) is 28.4 Å². The van der Waals surface area contributed by atoms with Crippen molar-refractivity contribution in [2.75, 3.05) is 74.2 Å². The maximum atomic E-state index is 14.5. The van der Waals surface area contributed by atoms with Gasteiger partial charge in [-0.1, -0.05) is 43.2 Å². The van der Waals surface area contributed by atoms with Crippen molar-refractivity contribution in [3.63, 3.8) is 0 Å². The van der Waals surface area contributed by atoms with Gasteiger partial charge >= 0.3 is 0 Å². The Hall–Kier alpha value is -5.59. The quantitative estimate of drug-likeness (QED) is 0.0841. The smallest absolute Gasteiger partial charge is 0.297 e. The Labute approximate surface area is 413 Å². The number of anilines is 4. The Kier molecular flexibility index (Phi) is 13.8. The summed E-state index contributed by atoms with van der Waals surface area (Å²) in [5.74, 6) is -0.319. The van der Waals surface area contributed by atoms with Gasteiger partial charge in [-0.05, 0) is 110 Å². The number of carbonyl (C=O) groups excluding carboxylic acids is 1. The highest BCUT2D eigenvalue weighted by molar-refractivity contribution is 7.90. The number of halogens is 2. The van der Waals surface area contributed by atoms with Gasteiger partial charge in [-0.25, -0.2) is 13.1 Å². The van der Waals surface area contributed by atoms with E-state index in [9.17, 15) is 23.3 Å². The summed E-state index contributed by atoms with van der Waals surface area (Å²) in [4.78, 5) is 40.5. The Morgan fingerprint density at radius 3 is 2.54 bits per heavy atom. The summed E-state index contributed by atoms with van der Waals surface area (Å²) >= 11 is 6.26. The van der Waals surface area contributed by atoms with Crippen molar-refractivity contribution >= 4 is 85.0 Å². The number of piperazine rings is 1. The molecular formula is C50H58Cl2N8O8S. The summed E-state index contributed by atoms with van der Waals surface area (Å²) in [6.45, 7) is 12.5. The number of nitrogens with one attached hydrogen (secondary N) is 3. The van der Waals surface area contributed by atoms with E-state index in [1.807, 2.05) is 48.2 Å². The van der Waals surface area contributed by atoms with Crippen LogP contribution in [0.25, 0.3) is 16.6 Å². The van der Waals surface area contributed by atoms with Crippen molar-refractivity contribution in [2.45, 2.75) is 76.3 Å². The zero-order valence-corrected chi connectivity index (χ0v) is 41.4. The fraction of sp³-hybridized carbons (Fsp3) is 0.440. The van der Waals surface area contributed by atoms with E-state index >= 15 is 0 Å². The topological polar surface area (TPSA) is 184 Å². The molecule has 0 radical (unpaired) electrons. The number of aromatic nitrogens is 2. The minimum Gasteiger partial charge on any atom is -0.489 e. The van der Waals surface area contributed by atoms with Crippen molar-refractivity contribution in [3.05, 3.63) is 105 Å². The minimum absolute atomic E-state index is 0. The van der Waals surface area contributed by atoms with Crippen LogP contribution in [0.2, 0.25) is 5.02 Å². The lowest BCUT2D eigenvalue weighted by Gasteiger charge is -2.39. The first-order valence-electron chi connectivity index (χ1n) is 23.6. The van der Waals surface area contributed by atoms with Crippen LogP contribution in [0, 0.1) is 21.4 Å². The van der Waals surface area contributed by atoms with Gasteiger partial charge in [0.25, 0.3) is 21.6 Å². The van der Waals surface area contributed by atoms with E-state index < -0.39 is 31.4 Å². The molecule has 2 aromatic heterocycles. The van der Waals surface area contributed by atoms with Crippen LogP contribution >= 0.6 is 24.0 Å². The van der Waals surface area contributed by atoms with Gasteiger partial charge in [-0.15, -0.1) is 12.4 Å². The van der Waals surface area contributed by atoms with E-state index in [4.69, 9.17) is 30.8 Å². The SMILES string of the molecule is C[C@@H]1CN(c2cc(N3CCN(CCC4=C(c5ccc(Cl)cc5)CC(C)(C)CC4)CC3)ccc2C(=O)NS(=O)(=O)c2cc3c(c([N+](=O)[O-])c2)N[C@@H](C2CCOCC2)CO3)c2cc3cc[nH]c3nc2O1.Cl. The van der Waals surface area contributed by atoms with Crippen LogP contribution in [-0.2, 0) is 14.8 Å². The third kappa shape index (κ3) is 10.2. The van der Waals surface area contributed by atoms with Gasteiger partial charge in [0, 0.05) is 80.4 Å². The number of carbonyl (C=O) groups is 1. The standard InChI is InChI=1S/C50H57ClN8O8S.ClH/c1-31-29-58(44-24-35-11-16-52-47(35)54-49(44)67-31)42-25-37(57-20-18-56(19-21-57)17-12-33-10-15-50(2,3)28-40(33)32-4-6-36(51)7-5-32)8-9-39(42)48(60)55-68(63,64)38-26-43(59(61)62)46-45(27-38)66-30-41(53-46)34-13-22-65-23-14-34;/h4-9,11,16,24-27,31,34,41,53H,10,12-15,17-23,28-30H2,1-3H3,(H,52,54)(H,55,60);1H/t31-,41-;/m1./s1. The van der Waals surface area contributed by atoms with Gasteiger partial charge in [0.2, 0.25) is 5.88 Å². The number of fused-ring (bicyclic) bond motifs is 3. The van der Waals surface area contributed by atoms with Gasteiger partial charge in [-0.3, -0.25) is 19.8 Å². The largest absolute Gasteiger partial charge is 0.489 e. The zero-order valence-electron chi connectivity index (χ0n) is 39.0. The average molecular weight is 1000 g/mol. The van der Waals surface area contributed by atoms with Crippen LogP contribution in [0.1, 0.15) is 75.2 Å². The van der Waals surface area contributed by atoms with E-state index in [0.29, 0.717) is 42.7 Å². The number of rotatable bonds is 11. The second-order valence-electron chi connectivity index (χ2n) is 19.5. The Balaban J connectivity index is 0.00000593. The molecule has 10 rings (SSSR count). The molecule has 1 aliphatic carbocycles. The monoisotopic (exact) mass is 1000 g/mol. The summed E-state index contributed by atoms with van der Waals surface area (Å²) in [7, 11) is -4.66. The van der Waals surface area contributed by atoms with Crippen molar-refractivity contribution in [2.24, 2.45) is 11.3 Å². The summed E-state index contributed by atoms with van der Waals surface area (Å²) < 4.78 is 48.3. The van der Waals surface area contributed by atoms with Crippen molar-refractivity contribution < 1.29 is 32.3 Å². The van der Waals surface area contributed by atoms with Crippen LogP contribution in [0.3, 0.4) is 0 Å². The van der Waals surface area contributed by atoms with Gasteiger partial charge in [-0.2, -0.15) is 4.98 Å². The number of nitrogens with zero attached hydrogens (tertiary/aromatic N) is 5. The van der Waals surface area contributed by atoms with Gasteiger partial charge in [0.05, 0.1) is 33.7 Å². The lowest BCUT2D eigenvalue weighted by atomic mass is 9.72. The molecule has 5 aromatic rings. The zero-order chi connectivity index (χ0) is 47.3. The second kappa shape index (κ2) is 19.7. The molecule has 2 fully saturated rings. The molecule has 4 aliphatic heterocycles. The van der Waals surface area contributed by atoms with Crippen molar-refractivity contribution in [3.8, 4) is 11.6 Å². The Morgan fingerprint density at radius 1 is 1.01 bits per heavy atom. The van der Waals surface area contributed by atoms with Gasteiger partial charge in [0.1, 0.15) is 24.0 Å². The van der Waals surface area contributed by atoms with E-state index in [0.717, 1.165) is 93.4 Å². The fourth-order valence-electron chi connectivity index (χ4n) is 10.4. The summed E-state index contributed by atoms with van der Waals surface area (Å²) in [5.41, 5.74) is 6.84. The predicted octanol–water partition coefficient (Wildman–Crippen LogP) is 9.36. The molecule has 5 aliphatic rings. The molecule has 16 nitrogen and oxygen atoms in total. The number of H-pyrrole nitrogens is 1. The highest BCUT2D eigenvalue weighted by Gasteiger charge is 2.37. The average Bonchev–Trinajstić information content (AvgIpc) is 3.79. The summed E-state index contributed by atoms with van der Waals surface area (Å²) in [6, 6.07) is 19.5. The first-order chi connectivity index (χ1) is 32.7. The molecule has 366 valence electrons. The molecule has 0 unspecified atom stereocenters. The minimum atomic E-state index is -4.66. The lowest BCUT2D eigenvalue weighted by molar-refractivity contribution is -0.384. The molecule has 1 amide bonds. The maximum absolute atomic E-state index is 14.5. The molecule has 2 saturated heterocycles. The number of sulfonamides is 1. The molecule has 2 atom stereocenters. The molecular weight excluding hydrogens is 944 g/mol. The van der Waals surface area contributed by atoms with E-state index in [2.05, 4.69) is 50.8 Å². The third-order valence-electron chi connectivity index (χ3n) is 14.3. The number of benzene rings is 3. The Bertz CT molecular complexity index is 2900. The van der Waals surface area contributed by atoms with Gasteiger partial charge < -0.3 is 34.3 Å². The number of hydrogen-bond acceptors (Lipinski definition) is 13. The molecule has 3 aromatic carbocycles. The maximum Gasteiger partial charge on any atom is 0.297 e.